The summed E-state index contributed by atoms with van der Waals surface area (Å²) in [7, 11) is 0. The monoisotopic (exact) mass is 220 g/mol. The van der Waals surface area contributed by atoms with Crippen LogP contribution in [0.4, 0.5) is 0 Å². The van der Waals surface area contributed by atoms with Crippen LogP contribution in [0.25, 0.3) is 0 Å². The van der Waals surface area contributed by atoms with E-state index < -0.39 is 0 Å². The van der Waals surface area contributed by atoms with Gasteiger partial charge in [-0.1, -0.05) is 45.9 Å². The Hall–Kier alpha value is -0.520. The van der Waals surface area contributed by atoms with Gasteiger partial charge in [0.1, 0.15) is 0 Å². The van der Waals surface area contributed by atoms with Crippen molar-refractivity contribution < 1.29 is 0 Å². The SMILES string of the molecule is C=CCCC(=C)C1CC(C)(C)CC(C)(C)C1. The Morgan fingerprint density at radius 3 is 2.12 bits per heavy atom. The zero-order chi connectivity index (χ0) is 12.4. The maximum absolute atomic E-state index is 4.30. The number of hydrogen-bond donors (Lipinski definition) is 0. The Bertz CT molecular complexity index is 252. The van der Waals surface area contributed by atoms with E-state index in [9.17, 15) is 0 Å². The van der Waals surface area contributed by atoms with Crippen LogP contribution in [0.3, 0.4) is 0 Å². The summed E-state index contributed by atoms with van der Waals surface area (Å²) < 4.78 is 0. The number of allylic oxidation sites excluding steroid dienone is 2. The maximum Gasteiger partial charge on any atom is -0.0196 e. The average molecular weight is 220 g/mol. The van der Waals surface area contributed by atoms with E-state index in [0.717, 1.165) is 18.8 Å². The van der Waals surface area contributed by atoms with E-state index in [2.05, 4.69) is 40.9 Å². The van der Waals surface area contributed by atoms with Crippen LogP contribution in [0.15, 0.2) is 24.8 Å². The van der Waals surface area contributed by atoms with Gasteiger partial charge in [0.25, 0.3) is 0 Å². The van der Waals surface area contributed by atoms with E-state index in [1.54, 1.807) is 0 Å². The second-order valence-electron chi connectivity index (χ2n) is 7.10. The normalized spacial score (nSPS) is 24.0. The lowest BCUT2D eigenvalue weighted by molar-refractivity contribution is 0.0808. The van der Waals surface area contributed by atoms with Gasteiger partial charge in [-0.05, 0) is 48.9 Å². The maximum atomic E-state index is 4.30. The molecule has 1 aliphatic rings. The van der Waals surface area contributed by atoms with Crippen molar-refractivity contribution in [2.24, 2.45) is 16.7 Å². The quantitative estimate of drug-likeness (QED) is 0.559. The standard InChI is InChI=1S/C16H28/c1-7-8-9-13(2)14-10-15(3,4)12-16(5,6)11-14/h7,14H,1-2,8-12H2,3-6H3. The Morgan fingerprint density at radius 2 is 1.69 bits per heavy atom. The minimum Gasteiger partial charge on any atom is -0.103 e. The second-order valence-corrected chi connectivity index (χ2v) is 7.10. The van der Waals surface area contributed by atoms with Gasteiger partial charge >= 0.3 is 0 Å². The highest BCUT2D eigenvalue weighted by molar-refractivity contribution is 5.07. The van der Waals surface area contributed by atoms with Crippen molar-refractivity contribution in [2.45, 2.75) is 59.8 Å². The first-order chi connectivity index (χ1) is 7.26. The predicted molar refractivity (Wildman–Crippen MR) is 73.5 cm³/mol. The van der Waals surface area contributed by atoms with Gasteiger partial charge in [0.2, 0.25) is 0 Å². The average Bonchev–Trinajstić information content (AvgIpc) is 2.09. The van der Waals surface area contributed by atoms with E-state index in [0.29, 0.717) is 10.8 Å². The summed E-state index contributed by atoms with van der Waals surface area (Å²) in [6.07, 6.45) is 8.17. The molecule has 0 aromatic carbocycles. The molecule has 0 N–H and O–H groups in total. The van der Waals surface area contributed by atoms with E-state index >= 15 is 0 Å². The van der Waals surface area contributed by atoms with Gasteiger partial charge in [-0.25, -0.2) is 0 Å². The molecule has 0 unspecified atom stereocenters. The second kappa shape index (κ2) is 4.77. The van der Waals surface area contributed by atoms with Crippen LogP contribution in [-0.2, 0) is 0 Å². The van der Waals surface area contributed by atoms with Crippen molar-refractivity contribution in [2.75, 3.05) is 0 Å². The summed E-state index contributed by atoms with van der Waals surface area (Å²) in [4.78, 5) is 0. The van der Waals surface area contributed by atoms with Gasteiger partial charge in [-0.3, -0.25) is 0 Å². The lowest BCUT2D eigenvalue weighted by atomic mass is 9.60. The molecule has 0 aromatic heterocycles. The molecule has 0 aromatic rings. The van der Waals surface area contributed by atoms with Crippen LogP contribution in [-0.4, -0.2) is 0 Å². The van der Waals surface area contributed by atoms with Crippen molar-refractivity contribution in [3.63, 3.8) is 0 Å². The molecule has 0 spiro atoms. The first kappa shape index (κ1) is 13.5. The molecule has 1 rings (SSSR count). The summed E-state index contributed by atoms with van der Waals surface area (Å²) in [6, 6.07) is 0. The van der Waals surface area contributed by atoms with Crippen molar-refractivity contribution >= 4 is 0 Å². The fourth-order valence-electron chi connectivity index (χ4n) is 3.63. The van der Waals surface area contributed by atoms with Crippen LogP contribution in [0.1, 0.15) is 59.8 Å². The molecule has 0 heterocycles. The van der Waals surface area contributed by atoms with Gasteiger partial charge < -0.3 is 0 Å². The molecule has 0 saturated heterocycles. The van der Waals surface area contributed by atoms with Crippen LogP contribution < -0.4 is 0 Å². The third-order valence-electron chi connectivity index (χ3n) is 3.80. The number of hydrogen-bond acceptors (Lipinski definition) is 0. The lowest BCUT2D eigenvalue weighted by Crippen LogP contribution is -2.34. The molecule has 16 heavy (non-hydrogen) atoms. The van der Waals surface area contributed by atoms with Crippen molar-refractivity contribution in [3.05, 3.63) is 24.8 Å². The molecule has 1 aliphatic carbocycles. The Balaban J connectivity index is 2.66. The molecular formula is C16H28. The summed E-state index contributed by atoms with van der Waals surface area (Å²) in [5.74, 6) is 0.721. The van der Waals surface area contributed by atoms with Crippen LogP contribution in [0.5, 0.6) is 0 Å². The highest BCUT2D eigenvalue weighted by Crippen LogP contribution is 2.50. The zero-order valence-corrected chi connectivity index (χ0v) is 11.6. The van der Waals surface area contributed by atoms with Gasteiger partial charge in [0, 0.05) is 0 Å². The topological polar surface area (TPSA) is 0 Å². The smallest absolute Gasteiger partial charge is 0.0196 e. The summed E-state index contributed by atoms with van der Waals surface area (Å²) in [5.41, 5.74) is 2.40. The predicted octanol–water partition coefficient (Wildman–Crippen LogP) is 5.36. The fraction of sp³-hybridized carbons (Fsp3) is 0.750. The molecule has 92 valence electrons. The van der Waals surface area contributed by atoms with Gasteiger partial charge in [-0.2, -0.15) is 0 Å². The first-order valence-electron chi connectivity index (χ1n) is 6.54. The van der Waals surface area contributed by atoms with E-state index in [1.807, 2.05) is 6.08 Å². The largest absolute Gasteiger partial charge is 0.103 e. The van der Waals surface area contributed by atoms with Gasteiger partial charge in [0.05, 0.1) is 0 Å². The third-order valence-corrected chi connectivity index (χ3v) is 3.80. The Labute approximate surface area is 102 Å². The van der Waals surface area contributed by atoms with Crippen LogP contribution in [0.2, 0.25) is 0 Å². The van der Waals surface area contributed by atoms with Gasteiger partial charge in [0.15, 0.2) is 0 Å². The Kier molecular flexibility index (Phi) is 4.04. The molecule has 0 nitrogen and oxygen atoms in total. The zero-order valence-electron chi connectivity index (χ0n) is 11.6. The molecule has 0 bridgehead atoms. The highest BCUT2D eigenvalue weighted by Gasteiger charge is 2.38. The van der Waals surface area contributed by atoms with Crippen molar-refractivity contribution in [3.8, 4) is 0 Å². The first-order valence-corrected chi connectivity index (χ1v) is 6.54. The Morgan fingerprint density at radius 1 is 1.19 bits per heavy atom. The molecular weight excluding hydrogens is 192 g/mol. The van der Waals surface area contributed by atoms with Crippen LogP contribution >= 0.6 is 0 Å². The lowest BCUT2D eigenvalue weighted by Gasteiger charge is -2.45. The molecule has 1 saturated carbocycles. The molecule has 0 aliphatic heterocycles. The number of rotatable bonds is 4. The highest BCUT2D eigenvalue weighted by atomic mass is 14.4. The van der Waals surface area contributed by atoms with Crippen molar-refractivity contribution in [1.29, 1.82) is 0 Å². The summed E-state index contributed by atoms with van der Waals surface area (Å²) in [5, 5.41) is 0. The molecule has 1 fully saturated rings. The minimum atomic E-state index is 0.476. The minimum absolute atomic E-state index is 0.476. The third kappa shape index (κ3) is 3.81. The molecule has 0 heteroatoms. The summed E-state index contributed by atoms with van der Waals surface area (Å²) >= 11 is 0. The molecule has 0 atom stereocenters. The summed E-state index contributed by atoms with van der Waals surface area (Å²) in [6.45, 7) is 17.7. The molecule has 0 amide bonds. The fourth-order valence-corrected chi connectivity index (χ4v) is 3.63. The van der Waals surface area contributed by atoms with E-state index in [1.165, 1.54) is 24.8 Å². The van der Waals surface area contributed by atoms with Gasteiger partial charge in [-0.15, -0.1) is 6.58 Å². The van der Waals surface area contributed by atoms with E-state index in [-0.39, 0.29) is 0 Å². The van der Waals surface area contributed by atoms with E-state index in [4.69, 9.17) is 0 Å². The molecule has 0 radical (unpaired) electrons. The van der Waals surface area contributed by atoms with Crippen molar-refractivity contribution in [1.82, 2.24) is 0 Å². The van der Waals surface area contributed by atoms with Crippen LogP contribution in [0, 0.1) is 16.7 Å².